The van der Waals surface area contributed by atoms with Crippen LogP contribution in [0.4, 0.5) is 10.1 Å². The highest BCUT2D eigenvalue weighted by molar-refractivity contribution is 5.95. The third-order valence-electron chi connectivity index (χ3n) is 5.61. The Labute approximate surface area is 195 Å². The lowest BCUT2D eigenvalue weighted by Gasteiger charge is -2.41. The predicted molar refractivity (Wildman–Crippen MR) is 124 cm³/mol. The molecule has 1 N–H and O–H groups in total. The summed E-state index contributed by atoms with van der Waals surface area (Å²) >= 11 is 0. The van der Waals surface area contributed by atoms with Crippen LogP contribution in [0.2, 0.25) is 0 Å². The van der Waals surface area contributed by atoms with E-state index >= 15 is 0 Å². The highest BCUT2D eigenvalue weighted by Gasteiger charge is 2.31. The molecular weight excluding hydrogens is 437 g/mol. The summed E-state index contributed by atoms with van der Waals surface area (Å²) < 4.78 is 26.7. The highest BCUT2D eigenvalue weighted by Crippen LogP contribution is 2.32. The molecule has 0 aliphatic carbocycles. The van der Waals surface area contributed by atoms with Crippen LogP contribution in [0.25, 0.3) is 5.69 Å². The topological polar surface area (TPSA) is 76.8 Å². The summed E-state index contributed by atoms with van der Waals surface area (Å²) in [4.78, 5) is 17.7. The molecule has 0 spiro atoms. The molecule has 1 fully saturated rings. The quantitative estimate of drug-likeness (QED) is 0.416. The molecule has 1 saturated heterocycles. The SMILES string of the molecule is O=C(O)c1cccc(N2CC(Oc3ccc(COc4cncc(F)c4)cc3)C2)c1-n1cccc1. The van der Waals surface area contributed by atoms with Gasteiger partial charge >= 0.3 is 5.97 Å². The first-order valence-corrected chi connectivity index (χ1v) is 10.8. The van der Waals surface area contributed by atoms with Gasteiger partial charge in [0.2, 0.25) is 0 Å². The number of aromatic carboxylic acids is 1. The Hall–Kier alpha value is -4.33. The number of rotatable bonds is 8. The number of benzene rings is 2. The number of nitrogens with zero attached hydrogens (tertiary/aromatic N) is 3. The fourth-order valence-corrected chi connectivity index (χ4v) is 3.92. The Bertz CT molecular complexity index is 1290. The van der Waals surface area contributed by atoms with Crippen LogP contribution in [0, 0.1) is 5.82 Å². The summed E-state index contributed by atoms with van der Waals surface area (Å²) in [6.45, 7) is 1.59. The van der Waals surface area contributed by atoms with Crippen molar-refractivity contribution in [1.29, 1.82) is 0 Å². The second-order valence-corrected chi connectivity index (χ2v) is 7.99. The number of anilines is 1. The van der Waals surface area contributed by atoms with Gasteiger partial charge in [0.15, 0.2) is 0 Å². The zero-order chi connectivity index (χ0) is 23.5. The molecular formula is C26H22FN3O4. The van der Waals surface area contributed by atoms with Crippen molar-refractivity contribution in [1.82, 2.24) is 9.55 Å². The number of para-hydroxylation sites is 1. The summed E-state index contributed by atoms with van der Waals surface area (Å²) in [5, 5.41) is 9.66. The molecule has 0 bridgehead atoms. The number of hydrogen-bond acceptors (Lipinski definition) is 5. The van der Waals surface area contributed by atoms with Crippen molar-refractivity contribution in [2.45, 2.75) is 12.7 Å². The largest absolute Gasteiger partial charge is 0.487 e. The summed E-state index contributed by atoms with van der Waals surface area (Å²) in [6, 6.07) is 17.9. The van der Waals surface area contributed by atoms with Crippen molar-refractivity contribution in [3.8, 4) is 17.2 Å². The van der Waals surface area contributed by atoms with E-state index in [1.54, 1.807) is 12.1 Å². The number of carbonyl (C=O) groups is 1. The van der Waals surface area contributed by atoms with E-state index in [0.29, 0.717) is 31.1 Å². The van der Waals surface area contributed by atoms with Crippen LogP contribution in [-0.2, 0) is 6.61 Å². The van der Waals surface area contributed by atoms with Crippen molar-refractivity contribution >= 4 is 11.7 Å². The van der Waals surface area contributed by atoms with Gasteiger partial charge in [-0.1, -0.05) is 18.2 Å². The third kappa shape index (κ3) is 4.56. The van der Waals surface area contributed by atoms with E-state index < -0.39 is 11.8 Å². The molecule has 34 heavy (non-hydrogen) atoms. The Balaban J connectivity index is 1.20. The van der Waals surface area contributed by atoms with Crippen LogP contribution in [-0.4, -0.2) is 39.8 Å². The first kappa shape index (κ1) is 21.5. The van der Waals surface area contributed by atoms with Gasteiger partial charge in [-0.3, -0.25) is 4.98 Å². The van der Waals surface area contributed by atoms with Crippen LogP contribution in [0.5, 0.6) is 11.5 Å². The van der Waals surface area contributed by atoms with E-state index in [9.17, 15) is 14.3 Å². The molecule has 2 aromatic carbocycles. The molecule has 1 aliphatic rings. The predicted octanol–water partition coefficient (Wildman–Crippen LogP) is 4.56. The third-order valence-corrected chi connectivity index (χ3v) is 5.61. The average Bonchev–Trinajstić information content (AvgIpc) is 3.35. The van der Waals surface area contributed by atoms with E-state index in [2.05, 4.69) is 9.88 Å². The lowest BCUT2D eigenvalue weighted by molar-refractivity contribution is 0.0697. The normalized spacial score (nSPS) is 13.4. The Morgan fingerprint density at radius 3 is 2.50 bits per heavy atom. The molecule has 1 aliphatic heterocycles. The summed E-state index contributed by atoms with van der Waals surface area (Å²) in [5.41, 5.74) is 2.69. The molecule has 7 nitrogen and oxygen atoms in total. The van der Waals surface area contributed by atoms with Gasteiger partial charge in [0.25, 0.3) is 0 Å². The van der Waals surface area contributed by atoms with Crippen LogP contribution in [0.15, 0.2) is 85.5 Å². The maximum atomic E-state index is 13.2. The van der Waals surface area contributed by atoms with Gasteiger partial charge in [-0.2, -0.15) is 0 Å². The van der Waals surface area contributed by atoms with Gasteiger partial charge in [-0.15, -0.1) is 0 Å². The Kier molecular flexibility index (Phi) is 5.86. The van der Waals surface area contributed by atoms with Crippen molar-refractivity contribution < 1.29 is 23.8 Å². The monoisotopic (exact) mass is 459 g/mol. The highest BCUT2D eigenvalue weighted by atomic mass is 19.1. The standard InChI is InChI=1S/C26H22FN3O4/c27-19-12-21(14-28-13-19)33-17-18-6-8-20(9-7-18)34-22-15-30(16-22)24-5-3-4-23(26(31)32)25(24)29-10-1-2-11-29/h1-14,22H,15-17H2,(H,31,32). The van der Waals surface area contributed by atoms with Crippen molar-refractivity contribution in [3.63, 3.8) is 0 Å². The molecule has 8 heteroatoms. The minimum atomic E-state index is -0.961. The van der Waals surface area contributed by atoms with Gasteiger partial charge < -0.3 is 24.0 Å². The van der Waals surface area contributed by atoms with E-state index in [-0.39, 0.29) is 11.7 Å². The Morgan fingerprint density at radius 2 is 1.79 bits per heavy atom. The van der Waals surface area contributed by atoms with Gasteiger partial charge in [0.1, 0.15) is 30.0 Å². The van der Waals surface area contributed by atoms with E-state index in [4.69, 9.17) is 9.47 Å². The van der Waals surface area contributed by atoms with Crippen LogP contribution in [0.3, 0.4) is 0 Å². The molecule has 5 rings (SSSR count). The lowest BCUT2D eigenvalue weighted by Crippen LogP contribution is -2.54. The number of carboxylic acid groups (broad SMARTS) is 1. The second kappa shape index (κ2) is 9.27. The first-order valence-electron chi connectivity index (χ1n) is 10.8. The molecule has 172 valence electrons. The molecule has 0 atom stereocenters. The van der Waals surface area contributed by atoms with Gasteiger partial charge in [0, 0.05) is 18.5 Å². The minimum absolute atomic E-state index is 0.00790. The van der Waals surface area contributed by atoms with Crippen LogP contribution >= 0.6 is 0 Å². The molecule has 4 aromatic rings. The second-order valence-electron chi connectivity index (χ2n) is 7.99. The molecule has 0 amide bonds. The molecule has 0 unspecified atom stereocenters. The van der Waals surface area contributed by atoms with E-state index in [0.717, 1.165) is 23.2 Å². The summed E-state index contributed by atoms with van der Waals surface area (Å²) in [7, 11) is 0. The molecule has 3 heterocycles. The van der Waals surface area contributed by atoms with Crippen LogP contribution < -0.4 is 14.4 Å². The average molecular weight is 459 g/mol. The smallest absolute Gasteiger partial charge is 0.337 e. The van der Waals surface area contributed by atoms with Gasteiger partial charge in [-0.25, -0.2) is 9.18 Å². The Morgan fingerprint density at radius 1 is 1.03 bits per heavy atom. The number of hydrogen-bond donors (Lipinski definition) is 1. The fourth-order valence-electron chi connectivity index (χ4n) is 3.92. The van der Waals surface area contributed by atoms with Crippen molar-refractivity contribution in [3.05, 3.63) is 102 Å². The van der Waals surface area contributed by atoms with Crippen molar-refractivity contribution in [2.75, 3.05) is 18.0 Å². The van der Waals surface area contributed by atoms with E-state index in [1.165, 1.54) is 12.3 Å². The number of aromatic nitrogens is 2. The molecule has 0 saturated carbocycles. The summed E-state index contributed by atoms with van der Waals surface area (Å²) in [5.74, 6) is -0.283. The number of carboxylic acids is 1. The zero-order valence-electron chi connectivity index (χ0n) is 18.2. The number of ether oxygens (including phenoxy) is 2. The lowest BCUT2D eigenvalue weighted by atomic mass is 10.1. The maximum Gasteiger partial charge on any atom is 0.337 e. The maximum absolute atomic E-state index is 13.2. The van der Waals surface area contributed by atoms with Gasteiger partial charge in [-0.05, 0) is 42.0 Å². The molecule has 0 radical (unpaired) electrons. The zero-order valence-corrected chi connectivity index (χ0v) is 18.2. The van der Waals surface area contributed by atoms with Crippen LogP contribution in [0.1, 0.15) is 15.9 Å². The summed E-state index contributed by atoms with van der Waals surface area (Å²) in [6.07, 6.45) is 6.28. The molecule has 2 aromatic heterocycles. The fraction of sp³-hybridized carbons (Fsp3) is 0.154. The van der Waals surface area contributed by atoms with Gasteiger partial charge in [0.05, 0.1) is 42.4 Å². The van der Waals surface area contributed by atoms with E-state index in [1.807, 2.05) is 59.4 Å². The van der Waals surface area contributed by atoms with Crippen molar-refractivity contribution in [2.24, 2.45) is 0 Å². The first-order chi connectivity index (χ1) is 16.6. The number of halogens is 1. The number of pyridine rings is 1. The minimum Gasteiger partial charge on any atom is -0.487 e.